The summed E-state index contributed by atoms with van der Waals surface area (Å²) in [6, 6.07) is 6.70. The highest BCUT2D eigenvalue weighted by molar-refractivity contribution is 5.99. The van der Waals surface area contributed by atoms with Crippen molar-refractivity contribution in [2.45, 2.75) is 31.3 Å². The molecule has 122 valence electrons. The summed E-state index contributed by atoms with van der Waals surface area (Å²) < 4.78 is 11.0. The fraction of sp³-hybridized carbons (Fsp3) is 0.500. The number of methoxy groups -OCH3 is 1. The normalized spacial score (nSPS) is 26.0. The van der Waals surface area contributed by atoms with Crippen molar-refractivity contribution in [3.63, 3.8) is 0 Å². The molecule has 0 aliphatic carbocycles. The summed E-state index contributed by atoms with van der Waals surface area (Å²) >= 11 is 0. The zero-order chi connectivity index (χ0) is 15.8. The third kappa shape index (κ3) is 2.81. The molecule has 5 nitrogen and oxygen atoms in total. The first-order chi connectivity index (χ1) is 11.2. The molecule has 3 heterocycles. The fourth-order valence-corrected chi connectivity index (χ4v) is 3.74. The van der Waals surface area contributed by atoms with E-state index in [4.69, 9.17) is 9.47 Å². The van der Waals surface area contributed by atoms with Gasteiger partial charge in [-0.3, -0.25) is 4.79 Å². The van der Waals surface area contributed by atoms with Crippen molar-refractivity contribution >= 4 is 12.0 Å². The van der Waals surface area contributed by atoms with Crippen LogP contribution in [-0.2, 0) is 4.79 Å². The van der Waals surface area contributed by atoms with Gasteiger partial charge in [0, 0.05) is 30.7 Å². The van der Waals surface area contributed by atoms with Crippen molar-refractivity contribution in [3.8, 4) is 11.5 Å². The van der Waals surface area contributed by atoms with Gasteiger partial charge in [-0.1, -0.05) is 0 Å². The molecule has 0 spiro atoms. The standard InChI is InChI=1S/C18H22N2O3/c1-22-16-4-5-17-12(9-16)8-13(11-23-17)18(21)20-7-6-14-2-3-15(10-20)19-14/h4-5,8-9,14-15,19H,2-3,6-7,10-11H2,1H3. The maximum atomic E-state index is 12.9. The van der Waals surface area contributed by atoms with Gasteiger partial charge in [-0.15, -0.1) is 0 Å². The Morgan fingerprint density at radius 1 is 1.30 bits per heavy atom. The quantitative estimate of drug-likeness (QED) is 0.905. The first-order valence-corrected chi connectivity index (χ1v) is 8.29. The molecule has 1 N–H and O–H groups in total. The second-order valence-electron chi connectivity index (χ2n) is 6.54. The zero-order valence-corrected chi connectivity index (χ0v) is 13.4. The van der Waals surface area contributed by atoms with E-state index in [0.29, 0.717) is 18.7 Å². The summed E-state index contributed by atoms with van der Waals surface area (Å²) in [5, 5.41) is 3.61. The first kappa shape index (κ1) is 14.6. The van der Waals surface area contributed by atoms with Gasteiger partial charge in [0.25, 0.3) is 5.91 Å². The highest BCUT2D eigenvalue weighted by Crippen LogP contribution is 2.31. The van der Waals surface area contributed by atoms with Crippen LogP contribution in [0.3, 0.4) is 0 Å². The van der Waals surface area contributed by atoms with Crippen LogP contribution in [0.25, 0.3) is 6.08 Å². The van der Waals surface area contributed by atoms with Gasteiger partial charge in [0.15, 0.2) is 0 Å². The van der Waals surface area contributed by atoms with E-state index in [9.17, 15) is 4.79 Å². The predicted molar refractivity (Wildman–Crippen MR) is 87.6 cm³/mol. The second-order valence-corrected chi connectivity index (χ2v) is 6.54. The number of hydrogen-bond acceptors (Lipinski definition) is 4. The van der Waals surface area contributed by atoms with Crippen LogP contribution in [-0.4, -0.2) is 49.7 Å². The smallest absolute Gasteiger partial charge is 0.253 e. The van der Waals surface area contributed by atoms with Gasteiger partial charge in [0.2, 0.25) is 0 Å². The predicted octanol–water partition coefficient (Wildman–Crippen LogP) is 1.82. The van der Waals surface area contributed by atoms with Gasteiger partial charge in [-0.05, 0) is 43.5 Å². The van der Waals surface area contributed by atoms with Gasteiger partial charge in [-0.25, -0.2) is 0 Å². The zero-order valence-electron chi connectivity index (χ0n) is 13.4. The van der Waals surface area contributed by atoms with E-state index in [1.807, 2.05) is 29.2 Å². The molecule has 0 radical (unpaired) electrons. The number of likely N-dealkylation sites (tertiary alicyclic amines) is 1. The summed E-state index contributed by atoms with van der Waals surface area (Å²) in [6.07, 6.45) is 5.40. The number of amides is 1. The fourth-order valence-electron chi connectivity index (χ4n) is 3.74. The molecular weight excluding hydrogens is 292 g/mol. The van der Waals surface area contributed by atoms with Gasteiger partial charge in [-0.2, -0.15) is 0 Å². The molecule has 4 rings (SSSR count). The Bertz CT molecular complexity index is 656. The van der Waals surface area contributed by atoms with Crippen LogP contribution in [0.2, 0.25) is 0 Å². The molecule has 1 aromatic rings. The lowest BCUT2D eigenvalue weighted by molar-refractivity contribution is -0.127. The summed E-state index contributed by atoms with van der Waals surface area (Å²) in [5.74, 6) is 1.68. The lowest BCUT2D eigenvalue weighted by atomic mass is 10.0. The minimum absolute atomic E-state index is 0.104. The number of carbonyl (C=O) groups is 1. The third-order valence-electron chi connectivity index (χ3n) is 5.02. The van der Waals surface area contributed by atoms with Gasteiger partial charge in [0.05, 0.1) is 12.7 Å². The van der Waals surface area contributed by atoms with E-state index >= 15 is 0 Å². The molecule has 2 unspecified atom stereocenters. The molecule has 2 fully saturated rings. The number of benzene rings is 1. The average molecular weight is 314 g/mol. The van der Waals surface area contributed by atoms with E-state index < -0.39 is 0 Å². The average Bonchev–Trinajstić information content (AvgIpc) is 2.92. The Morgan fingerprint density at radius 2 is 2.17 bits per heavy atom. The van der Waals surface area contributed by atoms with E-state index in [1.165, 1.54) is 12.8 Å². The molecular formula is C18H22N2O3. The van der Waals surface area contributed by atoms with Crippen molar-refractivity contribution in [1.82, 2.24) is 10.2 Å². The molecule has 0 saturated carbocycles. The van der Waals surface area contributed by atoms with E-state index in [1.54, 1.807) is 7.11 Å². The monoisotopic (exact) mass is 314 g/mol. The van der Waals surface area contributed by atoms with Crippen molar-refractivity contribution in [2.24, 2.45) is 0 Å². The van der Waals surface area contributed by atoms with Crippen LogP contribution in [0.1, 0.15) is 24.8 Å². The Kier molecular flexibility index (Phi) is 3.73. The van der Waals surface area contributed by atoms with Crippen molar-refractivity contribution in [3.05, 3.63) is 29.3 Å². The van der Waals surface area contributed by atoms with Crippen molar-refractivity contribution < 1.29 is 14.3 Å². The molecule has 2 bridgehead atoms. The molecule has 1 aromatic carbocycles. The summed E-state index contributed by atoms with van der Waals surface area (Å²) in [5.41, 5.74) is 1.64. The summed E-state index contributed by atoms with van der Waals surface area (Å²) in [6.45, 7) is 1.98. The van der Waals surface area contributed by atoms with Crippen LogP contribution in [0, 0.1) is 0 Å². The topological polar surface area (TPSA) is 50.8 Å². The highest BCUT2D eigenvalue weighted by Gasteiger charge is 2.32. The first-order valence-electron chi connectivity index (χ1n) is 8.29. The molecule has 3 aliphatic rings. The summed E-state index contributed by atoms with van der Waals surface area (Å²) in [7, 11) is 1.64. The van der Waals surface area contributed by atoms with Gasteiger partial charge >= 0.3 is 0 Å². The Morgan fingerprint density at radius 3 is 3.04 bits per heavy atom. The highest BCUT2D eigenvalue weighted by atomic mass is 16.5. The molecule has 5 heteroatoms. The molecule has 1 amide bonds. The maximum absolute atomic E-state index is 12.9. The Labute approximate surface area is 136 Å². The maximum Gasteiger partial charge on any atom is 0.253 e. The van der Waals surface area contributed by atoms with E-state index in [0.717, 1.165) is 42.1 Å². The largest absolute Gasteiger partial charge is 0.497 e. The number of ether oxygens (including phenoxy) is 2. The van der Waals surface area contributed by atoms with Gasteiger partial charge in [0.1, 0.15) is 18.1 Å². The van der Waals surface area contributed by atoms with Gasteiger partial charge < -0.3 is 19.7 Å². The van der Waals surface area contributed by atoms with Crippen molar-refractivity contribution in [2.75, 3.05) is 26.8 Å². The van der Waals surface area contributed by atoms with E-state index in [2.05, 4.69) is 5.32 Å². The number of fused-ring (bicyclic) bond motifs is 3. The van der Waals surface area contributed by atoms with Crippen molar-refractivity contribution in [1.29, 1.82) is 0 Å². The lowest BCUT2D eigenvalue weighted by Crippen LogP contribution is -2.40. The number of rotatable bonds is 2. The second kappa shape index (κ2) is 5.89. The minimum atomic E-state index is 0.104. The van der Waals surface area contributed by atoms with Crippen LogP contribution in [0.15, 0.2) is 23.8 Å². The molecule has 3 aliphatic heterocycles. The van der Waals surface area contributed by atoms with Crippen LogP contribution in [0.5, 0.6) is 11.5 Å². The number of nitrogens with one attached hydrogen (secondary N) is 1. The SMILES string of the molecule is COc1ccc2c(c1)C=C(C(=O)N1CCC3CCC(C1)N3)CO2. The van der Waals surface area contributed by atoms with Crippen LogP contribution < -0.4 is 14.8 Å². The molecule has 2 atom stereocenters. The number of nitrogens with zero attached hydrogens (tertiary/aromatic N) is 1. The number of hydrogen-bond donors (Lipinski definition) is 1. The lowest BCUT2D eigenvalue weighted by Gasteiger charge is -2.27. The Balaban J connectivity index is 1.55. The minimum Gasteiger partial charge on any atom is -0.497 e. The van der Waals surface area contributed by atoms with E-state index in [-0.39, 0.29) is 5.91 Å². The molecule has 23 heavy (non-hydrogen) atoms. The molecule has 0 aromatic heterocycles. The number of carbonyl (C=O) groups excluding carboxylic acids is 1. The third-order valence-corrected chi connectivity index (χ3v) is 5.02. The van der Waals surface area contributed by atoms with Crippen LogP contribution in [0.4, 0.5) is 0 Å². The van der Waals surface area contributed by atoms with Crippen LogP contribution >= 0.6 is 0 Å². The summed E-state index contributed by atoms with van der Waals surface area (Å²) in [4.78, 5) is 14.8. The molecule has 2 saturated heterocycles. The Hall–Kier alpha value is -2.01.